The van der Waals surface area contributed by atoms with E-state index in [4.69, 9.17) is 23.9 Å². The normalized spacial score (nSPS) is 24.8. The molecule has 11 heteroatoms. The van der Waals surface area contributed by atoms with Crippen molar-refractivity contribution >= 4 is 21.1 Å². The average Bonchev–Trinajstić information content (AvgIpc) is 3.61. The zero-order valence-electron chi connectivity index (χ0n) is 33.7. The van der Waals surface area contributed by atoms with E-state index >= 15 is 0 Å². The van der Waals surface area contributed by atoms with Crippen molar-refractivity contribution in [1.82, 2.24) is 29.4 Å². The number of benzene rings is 1. The van der Waals surface area contributed by atoms with Gasteiger partial charge in [-0.3, -0.25) is 9.48 Å². The fourth-order valence-electron chi connectivity index (χ4n) is 3.81. The number of ether oxygens (including phenoxy) is 1. The van der Waals surface area contributed by atoms with E-state index < -0.39 is 83.0 Å². The van der Waals surface area contributed by atoms with Crippen molar-refractivity contribution in [1.29, 1.82) is 0 Å². The van der Waals surface area contributed by atoms with Gasteiger partial charge in [0.05, 0.1) is 22.8 Å². The highest BCUT2D eigenvalue weighted by atomic mass is 32.2. The number of H-pyrrole nitrogens is 1. The number of nitrogens with one attached hydrogen (secondary N) is 2. The summed E-state index contributed by atoms with van der Waals surface area (Å²) in [4.78, 5) is 20.2. The number of aryl methyl sites for hydroxylation is 2. The van der Waals surface area contributed by atoms with Gasteiger partial charge in [-0.2, -0.15) is 5.10 Å². The van der Waals surface area contributed by atoms with Crippen LogP contribution in [0.25, 0.3) is 22.4 Å². The average molecular weight is 531 g/mol. The fraction of sp³-hybridized carbons (Fsp3) is 0.560. The molecule has 1 saturated heterocycles. The Morgan fingerprint density at radius 2 is 2.25 bits per heavy atom. The summed E-state index contributed by atoms with van der Waals surface area (Å²) in [6.07, 6.45) is -9.21. The number of rotatable bonds is 11. The number of hydrogen-bond acceptors (Lipinski definition) is 7. The molecule has 10 nitrogen and oxygen atoms in total. The topological polar surface area (TPSA) is 122 Å². The standard InChI is InChI=1S/C25H36N6O4S/c1-5-8-20-22-23(31(4)29-20)25(32)28-24(27-22)19-16-18(10-11-21(19)35-15-6-2)36(33,34)26-13-12-17-9-7-14-30(17)3/h10-11,16-17,26H,5-9,12-15H2,1-4H3,(H,27,28,32)/i1D3,3D3,5D2,8D2,12D2,13D2. The molecule has 1 atom stereocenters. The van der Waals surface area contributed by atoms with Gasteiger partial charge in [-0.25, -0.2) is 18.1 Å². The van der Waals surface area contributed by atoms with Crippen LogP contribution in [-0.4, -0.2) is 65.7 Å². The molecule has 1 unspecified atom stereocenters. The summed E-state index contributed by atoms with van der Waals surface area (Å²) >= 11 is 0. The van der Waals surface area contributed by atoms with Crippen molar-refractivity contribution in [2.75, 3.05) is 26.6 Å². The van der Waals surface area contributed by atoms with Gasteiger partial charge in [-0.1, -0.05) is 20.1 Å². The number of aromatic nitrogens is 4. The molecule has 3 heterocycles. The molecule has 0 bridgehead atoms. The van der Waals surface area contributed by atoms with E-state index in [0.29, 0.717) is 6.42 Å². The molecule has 0 saturated carbocycles. The lowest BCUT2D eigenvalue weighted by molar-refractivity contribution is 0.297. The Morgan fingerprint density at radius 3 is 3.03 bits per heavy atom. The molecule has 1 aromatic carbocycles. The molecule has 1 fully saturated rings. The molecule has 196 valence electrons. The van der Waals surface area contributed by atoms with Crippen molar-refractivity contribution in [3.8, 4) is 17.1 Å². The smallest absolute Gasteiger partial charge is 0.277 e. The van der Waals surface area contributed by atoms with E-state index in [1.54, 1.807) is 11.6 Å². The molecule has 2 N–H and O–H groups in total. The first kappa shape index (κ1) is 13.7. The molecule has 1 aliphatic rings. The third kappa shape index (κ3) is 5.47. The van der Waals surface area contributed by atoms with Crippen molar-refractivity contribution < 1.29 is 32.3 Å². The van der Waals surface area contributed by atoms with Crippen LogP contribution in [0.4, 0.5) is 0 Å². The second kappa shape index (κ2) is 11.1. The first-order valence-corrected chi connectivity index (χ1v) is 12.7. The molecule has 3 aromatic rings. The predicted octanol–water partition coefficient (Wildman–Crippen LogP) is 2.83. The van der Waals surface area contributed by atoms with Crippen LogP contribution in [0.3, 0.4) is 0 Å². The number of aromatic amines is 1. The molecular weight excluding hydrogens is 480 g/mol. The minimum atomic E-state index is -4.96. The van der Waals surface area contributed by atoms with Crippen LogP contribution in [0, 0.1) is 0 Å². The summed E-state index contributed by atoms with van der Waals surface area (Å²) in [5, 5.41) is 3.90. The first-order chi connectivity index (χ1) is 22.6. The molecule has 0 amide bonds. The number of likely N-dealkylation sites (tertiary alicyclic amines) is 1. The molecule has 0 spiro atoms. The second-order valence-electron chi connectivity index (χ2n) is 8.07. The Kier molecular flexibility index (Phi) is 4.22. The number of nitrogens with zero attached hydrogens (tertiary/aromatic N) is 4. The summed E-state index contributed by atoms with van der Waals surface area (Å²) in [5.74, 6) is -0.472. The maximum Gasteiger partial charge on any atom is 0.277 e. The summed E-state index contributed by atoms with van der Waals surface area (Å²) in [7, 11) is -3.73. The third-order valence-corrected chi connectivity index (χ3v) is 6.77. The molecular formula is C25H36N6O4S. The van der Waals surface area contributed by atoms with Crippen LogP contribution in [-0.2, 0) is 23.4 Å². The predicted molar refractivity (Wildman–Crippen MR) is 140 cm³/mol. The van der Waals surface area contributed by atoms with Crippen LogP contribution in [0.1, 0.15) is 70.7 Å². The molecule has 2 aromatic heterocycles. The highest BCUT2D eigenvalue weighted by molar-refractivity contribution is 7.89. The van der Waals surface area contributed by atoms with E-state index in [9.17, 15) is 13.2 Å². The maximum absolute atomic E-state index is 13.6. The van der Waals surface area contributed by atoms with Gasteiger partial charge < -0.3 is 14.6 Å². The zero-order chi connectivity index (χ0) is 38.0. The minimum Gasteiger partial charge on any atom is -0.493 e. The quantitative estimate of drug-likeness (QED) is 0.391. The summed E-state index contributed by atoms with van der Waals surface area (Å²) in [6, 6.07) is 1.61. The largest absolute Gasteiger partial charge is 0.493 e. The SMILES string of the molecule is [2H]C([2H])([2H])N1CCCC1C([2H])([2H])C([2H])([2H])NS(=O)(=O)c1ccc(OCCC)c(-c2nc3c(C([2H])([2H])C([2H])([2H])C([2H])([2H])[2H])nn(C)c3c(=O)[nH]2)c1. The van der Waals surface area contributed by atoms with Crippen molar-refractivity contribution in [3.63, 3.8) is 0 Å². The van der Waals surface area contributed by atoms with E-state index in [0.717, 1.165) is 27.8 Å². The van der Waals surface area contributed by atoms with E-state index in [1.807, 2.05) is 0 Å². The van der Waals surface area contributed by atoms with Gasteiger partial charge in [0.2, 0.25) is 10.0 Å². The maximum atomic E-state index is 13.6. The lowest BCUT2D eigenvalue weighted by Crippen LogP contribution is -2.31. The number of fused-ring (bicyclic) bond motifs is 1. The molecule has 1 aliphatic heterocycles. The molecule has 4 rings (SSSR count). The highest BCUT2D eigenvalue weighted by Gasteiger charge is 2.23. The van der Waals surface area contributed by atoms with Gasteiger partial charge in [0, 0.05) is 38.8 Å². The Morgan fingerprint density at radius 1 is 1.39 bits per heavy atom. The summed E-state index contributed by atoms with van der Waals surface area (Å²) in [6.45, 7) is -7.77. The Hall–Kier alpha value is -2.76. The minimum absolute atomic E-state index is 0.0443. The third-order valence-electron chi connectivity index (χ3n) is 5.53. The zero-order valence-corrected chi connectivity index (χ0v) is 20.5. The van der Waals surface area contributed by atoms with Gasteiger partial charge in [0.25, 0.3) is 5.56 Å². The van der Waals surface area contributed by atoms with Gasteiger partial charge in [0.15, 0.2) is 5.52 Å². The van der Waals surface area contributed by atoms with Gasteiger partial charge in [0.1, 0.15) is 17.1 Å². The fourth-order valence-corrected chi connectivity index (χ4v) is 4.64. The lowest BCUT2D eigenvalue weighted by atomic mass is 10.1. The summed E-state index contributed by atoms with van der Waals surface area (Å²) in [5.41, 5.74) is -2.87. The Labute approximate surface area is 231 Å². The van der Waals surface area contributed by atoms with Crippen LogP contribution in [0.5, 0.6) is 5.75 Å². The van der Waals surface area contributed by atoms with Gasteiger partial charge in [-0.15, -0.1) is 0 Å². The van der Waals surface area contributed by atoms with Crippen molar-refractivity contribution in [2.45, 2.75) is 63.1 Å². The highest BCUT2D eigenvalue weighted by Crippen LogP contribution is 2.31. The molecule has 0 aliphatic carbocycles. The monoisotopic (exact) mass is 530 g/mol. The van der Waals surface area contributed by atoms with Crippen molar-refractivity contribution in [3.05, 3.63) is 34.2 Å². The van der Waals surface area contributed by atoms with E-state index in [2.05, 4.69) is 15.1 Å². The lowest BCUT2D eigenvalue weighted by Gasteiger charge is -2.19. The number of hydrogen-bond donors (Lipinski definition) is 2. The van der Waals surface area contributed by atoms with Crippen LogP contribution in [0.15, 0.2) is 27.9 Å². The Balaban J connectivity index is 1.86. The second-order valence-corrected chi connectivity index (χ2v) is 9.75. The van der Waals surface area contributed by atoms with Crippen LogP contribution >= 0.6 is 0 Å². The van der Waals surface area contributed by atoms with Crippen molar-refractivity contribution in [2.24, 2.45) is 7.05 Å². The van der Waals surface area contributed by atoms with Gasteiger partial charge >= 0.3 is 0 Å². The Bertz CT molecular complexity index is 1920. The van der Waals surface area contributed by atoms with E-state index in [-0.39, 0.29) is 42.8 Å². The first-order valence-electron chi connectivity index (χ1n) is 18.2. The summed E-state index contributed by atoms with van der Waals surface area (Å²) < 4.78 is 148. The molecule has 0 radical (unpaired) electrons. The van der Waals surface area contributed by atoms with Crippen LogP contribution < -0.4 is 15.0 Å². The number of sulfonamides is 1. The molecule has 36 heavy (non-hydrogen) atoms. The van der Waals surface area contributed by atoms with Crippen LogP contribution in [0.2, 0.25) is 0 Å². The van der Waals surface area contributed by atoms with E-state index in [1.165, 1.54) is 7.05 Å². The van der Waals surface area contributed by atoms with Gasteiger partial charge in [-0.05, 0) is 63.7 Å².